The van der Waals surface area contributed by atoms with Crippen LogP contribution in [0.25, 0.3) is 0 Å². The molecule has 6 atom stereocenters. The molecule has 23 heavy (non-hydrogen) atoms. The summed E-state index contributed by atoms with van der Waals surface area (Å²) in [6, 6.07) is 5.13. The monoisotopic (exact) mass is 316 g/mol. The standard InChI is InChI=1S/C19H24O4/c1-18-6-5-13-11-4-3-10(20)7-12(11)15(22)9-19(13,2)16(18)8-14(21)17(18)23/h3-4,7,13-14,16-17,20-21,23H,5-6,8-9H2,1-2H3/t13-,14-,16+,17+,18-,19+/m1/s1. The van der Waals surface area contributed by atoms with Gasteiger partial charge in [0.25, 0.3) is 0 Å². The SMILES string of the molecule is C[C@]12CC(=O)c3cc(O)ccc3[C@H]1CC[C@]1(C)[C@@H]2C[C@@H](O)[C@@H]1O. The van der Waals surface area contributed by atoms with Crippen LogP contribution in [0.4, 0.5) is 0 Å². The average Bonchev–Trinajstić information content (AvgIpc) is 2.73. The lowest BCUT2D eigenvalue weighted by atomic mass is 9.48. The van der Waals surface area contributed by atoms with Crippen LogP contribution < -0.4 is 0 Å². The summed E-state index contributed by atoms with van der Waals surface area (Å²) in [5, 5.41) is 30.4. The summed E-state index contributed by atoms with van der Waals surface area (Å²) in [4.78, 5) is 12.7. The molecule has 0 heterocycles. The largest absolute Gasteiger partial charge is 0.508 e. The van der Waals surface area contributed by atoms with Gasteiger partial charge in [-0.25, -0.2) is 0 Å². The minimum absolute atomic E-state index is 0.0646. The number of aliphatic hydroxyl groups excluding tert-OH is 2. The number of rotatable bonds is 0. The van der Waals surface area contributed by atoms with Gasteiger partial charge >= 0.3 is 0 Å². The number of benzene rings is 1. The highest BCUT2D eigenvalue weighted by Gasteiger charge is 2.63. The fourth-order valence-corrected chi connectivity index (χ4v) is 5.95. The number of carbonyl (C=O) groups is 1. The first-order valence-electron chi connectivity index (χ1n) is 8.49. The van der Waals surface area contributed by atoms with Crippen molar-refractivity contribution in [3.05, 3.63) is 29.3 Å². The number of fused-ring (bicyclic) bond motifs is 5. The predicted octanol–water partition coefficient (Wildman–Crippen LogP) is 2.61. The number of phenolic OH excluding ortho intramolecular Hbond substituents is 1. The van der Waals surface area contributed by atoms with Crippen LogP contribution in [0.15, 0.2) is 18.2 Å². The van der Waals surface area contributed by atoms with E-state index in [2.05, 4.69) is 13.8 Å². The van der Waals surface area contributed by atoms with Crippen molar-refractivity contribution in [2.45, 2.75) is 57.7 Å². The molecule has 1 aromatic carbocycles. The first-order valence-corrected chi connectivity index (χ1v) is 8.49. The number of aromatic hydroxyl groups is 1. The smallest absolute Gasteiger partial charge is 0.163 e. The fraction of sp³-hybridized carbons (Fsp3) is 0.632. The molecule has 3 aliphatic carbocycles. The highest BCUT2D eigenvalue weighted by molar-refractivity contribution is 6.00. The minimum atomic E-state index is -0.707. The van der Waals surface area contributed by atoms with Crippen molar-refractivity contribution in [3.8, 4) is 5.75 Å². The van der Waals surface area contributed by atoms with Crippen molar-refractivity contribution in [1.82, 2.24) is 0 Å². The third kappa shape index (κ3) is 1.82. The Kier molecular flexibility index (Phi) is 3.02. The van der Waals surface area contributed by atoms with Crippen LogP contribution in [-0.2, 0) is 0 Å². The number of hydrogen-bond acceptors (Lipinski definition) is 4. The highest BCUT2D eigenvalue weighted by atomic mass is 16.3. The molecule has 2 saturated carbocycles. The molecular weight excluding hydrogens is 292 g/mol. The van der Waals surface area contributed by atoms with E-state index >= 15 is 0 Å². The normalized spacial score (nSPS) is 45.3. The lowest BCUT2D eigenvalue weighted by Gasteiger charge is -2.56. The molecule has 0 radical (unpaired) electrons. The van der Waals surface area contributed by atoms with Crippen molar-refractivity contribution in [2.24, 2.45) is 16.7 Å². The Morgan fingerprint density at radius 2 is 1.91 bits per heavy atom. The number of aliphatic hydroxyl groups is 2. The van der Waals surface area contributed by atoms with E-state index in [9.17, 15) is 20.1 Å². The molecule has 0 amide bonds. The molecule has 124 valence electrons. The first kappa shape index (κ1) is 15.2. The Morgan fingerprint density at radius 3 is 2.65 bits per heavy atom. The summed E-state index contributed by atoms with van der Waals surface area (Å²) in [7, 11) is 0. The predicted molar refractivity (Wildman–Crippen MR) is 85.4 cm³/mol. The van der Waals surface area contributed by atoms with Gasteiger partial charge in [0.1, 0.15) is 5.75 Å². The maximum Gasteiger partial charge on any atom is 0.163 e. The van der Waals surface area contributed by atoms with Gasteiger partial charge in [-0.05, 0) is 59.6 Å². The van der Waals surface area contributed by atoms with Crippen molar-refractivity contribution in [1.29, 1.82) is 0 Å². The van der Waals surface area contributed by atoms with Crippen molar-refractivity contribution >= 4 is 5.78 Å². The molecule has 0 saturated heterocycles. The maximum absolute atomic E-state index is 12.7. The van der Waals surface area contributed by atoms with Crippen LogP contribution in [0, 0.1) is 16.7 Å². The lowest BCUT2D eigenvalue weighted by molar-refractivity contribution is -0.0750. The quantitative estimate of drug-likeness (QED) is 0.687. The third-order valence-electron chi connectivity index (χ3n) is 7.13. The molecule has 0 spiro atoms. The van der Waals surface area contributed by atoms with Crippen LogP contribution in [0.1, 0.15) is 61.4 Å². The van der Waals surface area contributed by atoms with Crippen molar-refractivity contribution < 1.29 is 20.1 Å². The number of phenols is 1. The number of hydrogen-bond donors (Lipinski definition) is 3. The highest BCUT2D eigenvalue weighted by Crippen LogP contribution is 2.66. The zero-order valence-electron chi connectivity index (χ0n) is 13.6. The summed E-state index contributed by atoms with van der Waals surface area (Å²) in [6.45, 7) is 4.22. The van der Waals surface area contributed by atoms with Crippen molar-refractivity contribution in [3.63, 3.8) is 0 Å². The Hall–Kier alpha value is -1.39. The van der Waals surface area contributed by atoms with Crippen molar-refractivity contribution in [2.75, 3.05) is 0 Å². The molecule has 4 rings (SSSR count). The van der Waals surface area contributed by atoms with E-state index in [0.29, 0.717) is 18.4 Å². The van der Waals surface area contributed by atoms with E-state index in [1.807, 2.05) is 6.07 Å². The molecular formula is C19H24O4. The van der Waals surface area contributed by atoms with E-state index in [-0.39, 0.29) is 34.2 Å². The average molecular weight is 316 g/mol. The van der Waals surface area contributed by atoms with Crippen LogP contribution >= 0.6 is 0 Å². The van der Waals surface area contributed by atoms with Gasteiger partial charge in [-0.3, -0.25) is 4.79 Å². The van der Waals surface area contributed by atoms with Crippen LogP contribution in [0.5, 0.6) is 5.75 Å². The first-order chi connectivity index (χ1) is 10.8. The third-order valence-corrected chi connectivity index (χ3v) is 7.13. The molecule has 0 bridgehead atoms. The summed E-state index contributed by atoms with van der Waals surface area (Å²) >= 11 is 0. The zero-order chi connectivity index (χ0) is 16.6. The van der Waals surface area contributed by atoms with Crippen LogP contribution in [0.2, 0.25) is 0 Å². The van der Waals surface area contributed by atoms with Gasteiger partial charge in [0.05, 0.1) is 12.2 Å². The minimum Gasteiger partial charge on any atom is -0.508 e. The van der Waals surface area contributed by atoms with Gasteiger partial charge in [-0.1, -0.05) is 19.9 Å². The molecule has 0 aliphatic heterocycles. The van der Waals surface area contributed by atoms with E-state index < -0.39 is 12.2 Å². The Morgan fingerprint density at radius 1 is 1.17 bits per heavy atom. The summed E-state index contributed by atoms with van der Waals surface area (Å²) in [5.41, 5.74) is 1.11. The van der Waals surface area contributed by atoms with E-state index in [0.717, 1.165) is 18.4 Å². The number of ketones is 1. The second-order valence-corrected chi connectivity index (χ2v) is 8.27. The molecule has 1 aromatic rings. The Bertz CT molecular complexity index is 684. The molecule has 3 N–H and O–H groups in total. The molecule has 4 heteroatoms. The summed E-state index contributed by atoms with van der Waals surface area (Å²) < 4.78 is 0. The van der Waals surface area contributed by atoms with E-state index in [1.165, 1.54) is 0 Å². The van der Waals surface area contributed by atoms with Gasteiger partial charge in [0.2, 0.25) is 0 Å². The van der Waals surface area contributed by atoms with E-state index in [4.69, 9.17) is 0 Å². The van der Waals surface area contributed by atoms with Gasteiger partial charge < -0.3 is 15.3 Å². The van der Waals surface area contributed by atoms with Crippen LogP contribution in [0.3, 0.4) is 0 Å². The molecule has 3 aliphatic rings. The Balaban J connectivity index is 1.84. The van der Waals surface area contributed by atoms with Gasteiger partial charge in [0.15, 0.2) is 5.78 Å². The molecule has 2 fully saturated rings. The molecule has 0 aromatic heterocycles. The molecule has 4 nitrogen and oxygen atoms in total. The van der Waals surface area contributed by atoms with Crippen LogP contribution in [-0.4, -0.2) is 33.3 Å². The number of carbonyl (C=O) groups excluding carboxylic acids is 1. The van der Waals surface area contributed by atoms with Gasteiger partial charge in [-0.15, -0.1) is 0 Å². The summed E-state index contributed by atoms with van der Waals surface area (Å²) in [5.74, 6) is 0.568. The zero-order valence-corrected chi connectivity index (χ0v) is 13.6. The summed E-state index contributed by atoms with van der Waals surface area (Å²) in [6.07, 6.45) is 1.33. The second-order valence-electron chi connectivity index (χ2n) is 8.27. The lowest BCUT2D eigenvalue weighted by Crippen LogP contribution is -2.51. The molecule has 0 unspecified atom stereocenters. The second kappa shape index (κ2) is 4.58. The van der Waals surface area contributed by atoms with Gasteiger partial charge in [0, 0.05) is 12.0 Å². The maximum atomic E-state index is 12.7. The van der Waals surface area contributed by atoms with E-state index in [1.54, 1.807) is 12.1 Å². The number of Topliss-reactive ketones (excluding diaryl/α,β-unsaturated/α-hetero) is 1. The van der Waals surface area contributed by atoms with Gasteiger partial charge in [-0.2, -0.15) is 0 Å². The topological polar surface area (TPSA) is 77.8 Å². The fourth-order valence-electron chi connectivity index (χ4n) is 5.95. The Labute approximate surface area is 136 Å².